The van der Waals surface area contributed by atoms with Crippen LogP contribution < -0.4 is 5.32 Å². The Morgan fingerprint density at radius 1 is 1.50 bits per heavy atom. The van der Waals surface area contributed by atoms with Gasteiger partial charge in [0.15, 0.2) is 0 Å². The Labute approximate surface area is 125 Å². The van der Waals surface area contributed by atoms with E-state index in [9.17, 15) is 4.79 Å². The Morgan fingerprint density at radius 2 is 2.45 bits per heavy atom. The summed E-state index contributed by atoms with van der Waals surface area (Å²) in [7, 11) is 0. The molecule has 1 fully saturated rings. The van der Waals surface area contributed by atoms with E-state index in [1.807, 2.05) is 11.4 Å². The van der Waals surface area contributed by atoms with E-state index in [1.165, 1.54) is 4.88 Å². The van der Waals surface area contributed by atoms with Crippen LogP contribution in [0.5, 0.6) is 0 Å². The van der Waals surface area contributed by atoms with Crippen LogP contribution >= 0.6 is 22.7 Å². The summed E-state index contributed by atoms with van der Waals surface area (Å²) in [6.07, 6.45) is 3.40. The highest BCUT2D eigenvalue weighted by atomic mass is 32.1. The molecule has 2 aromatic rings. The third-order valence-electron chi connectivity index (χ3n) is 3.35. The number of aromatic nitrogens is 1. The van der Waals surface area contributed by atoms with Crippen LogP contribution in [0.2, 0.25) is 0 Å². The molecule has 106 valence electrons. The smallest absolute Gasteiger partial charge is 0.226 e. The van der Waals surface area contributed by atoms with Crippen LogP contribution in [0.25, 0.3) is 0 Å². The van der Waals surface area contributed by atoms with Gasteiger partial charge in [0, 0.05) is 29.5 Å². The van der Waals surface area contributed by atoms with Gasteiger partial charge in [-0.3, -0.25) is 4.79 Å². The summed E-state index contributed by atoms with van der Waals surface area (Å²) in [5.41, 5.74) is 0. The van der Waals surface area contributed by atoms with Crippen molar-refractivity contribution in [1.82, 2.24) is 10.3 Å². The van der Waals surface area contributed by atoms with Crippen molar-refractivity contribution in [2.24, 2.45) is 5.92 Å². The zero-order chi connectivity index (χ0) is 13.8. The molecule has 0 unspecified atom stereocenters. The number of thiophene rings is 1. The van der Waals surface area contributed by atoms with Crippen LogP contribution in [-0.4, -0.2) is 24.1 Å². The molecule has 0 aromatic carbocycles. The molecule has 2 aromatic heterocycles. The minimum atomic E-state index is -0.0400. The molecule has 1 aliphatic heterocycles. The lowest BCUT2D eigenvalue weighted by Gasteiger charge is -2.18. The van der Waals surface area contributed by atoms with Gasteiger partial charge in [-0.1, -0.05) is 6.07 Å². The second-order valence-corrected chi connectivity index (χ2v) is 6.73. The van der Waals surface area contributed by atoms with Crippen LogP contribution in [0.1, 0.15) is 22.3 Å². The molecule has 0 aliphatic carbocycles. The highest BCUT2D eigenvalue weighted by molar-refractivity contribution is 7.10. The van der Waals surface area contributed by atoms with E-state index in [0.717, 1.165) is 17.8 Å². The van der Waals surface area contributed by atoms with E-state index < -0.39 is 0 Å². The van der Waals surface area contributed by atoms with E-state index in [-0.39, 0.29) is 17.9 Å². The Hall–Kier alpha value is -1.24. The zero-order valence-electron chi connectivity index (χ0n) is 11.0. The number of nitrogens with one attached hydrogen (secondary N) is 1. The fourth-order valence-corrected chi connectivity index (χ4v) is 3.71. The quantitative estimate of drug-likeness (QED) is 0.924. The van der Waals surface area contributed by atoms with Crippen LogP contribution in [0, 0.1) is 5.92 Å². The first-order valence-corrected chi connectivity index (χ1v) is 8.39. The number of hydrogen-bond acceptors (Lipinski definition) is 5. The Balaban J connectivity index is 1.70. The third-order valence-corrected chi connectivity index (χ3v) is 5.14. The zero-order valence-corrected chi connectivity index (χ0v) is 12.6. The standard InChI is InChI=1S/C14H16N2O2S2/c17-13(10-3-5-18-9-10)16-12(14-15-4-7-20-14)8-11-2-1-6-19-11/h1-2,4,6-7,10,12H,3,5,8-9H2,(H,16,17)/t10-,12-/m1/s1. The lowest BCUT2D eigenvalue weighted by molar-refractivity contribution is -0.125. The molecule has 1 N–H and O–H groups in total. The number of thiazole rings is 1. The topological polar surface area (TPSA) is 51.2 Å². The van der Waals surface area contributed by atoms with Crippen molar-refractivity contribution in [1.29, 1.82) is 0 Å². The Morgan fingerprint density at radius 3 is 3.10 bits per heavy atom. The Kier molecular flexibility index (Phi) is 4.44. The minimum Gasteiger partial charge on any atom is -0.381 e. The van der Waals surface area contributed by atoms with Crippen LogP contribution in [-0.2, 0) is 16.0 Å². The molecule has 3 rings (SSSR count). The molecular weight excluding hydrogens is 292 g/mol. The highest BCUT2D eigenvalue weighted by Gasteiger charge is 2.27. The molecule has 1 amide bonds. The summed E-state index contributed by atoms with van der Waals surface area (Å²) in [5, 5.41) is 8.10. The lowest BCUT2D eigenvalue weighted by Crippen LogP contribution is -2.35. The molecule has 0 bridgehead atoms. The van der Waals surface area contributed by atoms with Gasteiger partial charge in [-0.15, -0.1) is 22.7 Å². The summed E-state index contributed by atoms with van der Waals surface area (Å²) in [5.74, 6) is 0.0695. The van der Waals surface area contributed by atoms with Crippen molar-refractivity contribution >= 4 is 28.6 Å². The number of rotatable bonds is 5. The van der Waals surface area contributed by atoms with Crippen LogP contribution in [0.4, 0.5) is 0 Å². The number of carbonyl (C=O) groups is 1. The molecule has 0 saturated carbocycles. The summed E-state index contributed by atoms with van der Waals surface area (Å²) < 4.78 is 5.28. The first kappa shape index (κ1) is 13.7. The van der Waals surface area contributed by atoms with Crippen LogP contribution in [0.3, 0.4) is 0 Å². The van der Waals surface area contributed by atoms with E-state index in [2.05, 4.69) is 21.7 Å². The largest absolute Gasteiger partial charge is 0.381 e. The number of ether oxygens (including phenoxy) is 1. The van der Waals surface area contributed by atoms with Gasteiger partial charge >= 0.3 is 0 Å². The normalized spacial score (nSPS) is 19.9. The summed E-state index contributed by atoms with van der Waals surface area (Å²) >= 11 is 3.29. The number of hydrogen-bond donors (Lipinski definition) is 1. The second-order valence-electron chi connectivity index (χ2n) is 4.78. The number of nitrogens with zero attached hydrogens (tertiary/aromatic N) is 1. The maximum atomic E-state index is 12.3. The summed E-state index contributed by atoms with van der Waals surface area (Å²) in [6.45, 7) is 1.22. The van der Waals surface area contributed by atoms with Crippen molar-refractivity contribution < 1.29 is 9.53 Å². The molecular formula is C14H16N2O2S2. The fourth-order valence-electron chi connectivity index (χ4n) is 2.27. The SMILES string of the molecule is O=C(N[C@H](Cc1cccs1)c1nccs1)[C@@H]1CCOC1. The molecule has 1 aliphatic rings. The second kappa shape index (κ2) is 6.47. The lowest BCUT2D eigenvalue weighted by atomic mass is 10.1. The van der Waals surface area contributed by atoms with Crippen molar-refractivity contribution in [3.8, 4) is 0 Å². The maximum absolute atomic E-state index is 12.3. The molecule has 2 atom stereocenters. The molecule has 20 heavy (non-hydrogen) atoms. The highest BCUT2D eigenvalue weighted by Crippen LogP contribution is 2.24. The molecule has 4 nitrogen and oxygen atoms in total. The number of amides is 1. The monoisotopic (exact) mass is 308 g/mol. The molecule has 3 heterocycles. The average molecular weight is 308 g/mol. The van der Waals surface area contributed by atoms with Crippen molar-refractivity contribution in [3.63, 3.8) is 0 Å². The molecule has 0 spiro atoms. The van der Waals surface area contributed by atoms with Gasteiger partial charge in [-0.05, 0) is 17.9 Å². The first-order valence-electron chi connectivity index (χ1n) is 6.63. The van der Waals surface area contributed by atoms with Crippen molar-refractivity contribution in [3.05, 3.63) is 39.0 Å². The van der Waals surface area contributed by atoms with Crippen LogP contribution in [0.15, 0.2) is 29.1 Å². The van der Waals surface area contributed by atoms with Gasteiger partial charge in [0.2, 0.25) is 5.91 Å². The minimum absolute atomic E-state index is 0.0132. The predicted octanol–water partition coefficient (Wildman–Crippen LogP) is 2.64. The van der Waals surface area contributed by atoms with Gasteiger partial charge in [-0.25, -0.2) is 4.98 Å². The average Bonchev–Trinajstić information content (AvgIpc) is 3.20. The van der Waals surface area contributed by atoms with Gasteiger partial charge in [0.25, 0.3) is 0 Å². The predicted molar refractivity (Wildman–Crippen MR) is 79.9 cm³/mol. The molecule has 6 heteroatoms. The fraction of sp³-hybridized carbons (Fsp3) is 0.429. The summed E-state index contributed by atoms with van der Waals surface area (Å²) in [4.78, 5) is 17.9. The van der Waals surface area contributed by atoms with Crippen molar-refractivity contribution in [2.45, 2.75) is 18.9 Å². The van der Waals surface area contributed by atoms with Crippen molar-refractivity contribution in [2.75, 3.05) is 13.2 Å². The van der Waals surface area contributed by atoms with E-state index in [4.69, 9.17) is 4.74 Å². The molecule has 0 radical (unpaired) electrons. The van der Waals surface area contributed by atoms with Gasteiger partial charge in [0.1, 0.15) is 5.01 Å². The van der Waals surface area contributed by atoms with E-state index in [0.29, 0.717) is 13.2 Å². The van der Waals surface area contributed by atoms with Gasteiger partial charge in [0.05, 0.1) is 18.6 Å². The first-order chi connectivity index (χ1) is 9.83. The third kappa shape index (κ3) is 3.26. The van der Waals surface area contributed by atoms with E-state index in [1.54, 1.807) is 28.9 Å². The Bertz CT molecular complexity index is 534. The summed E-state index contributed by atoms with van der Waals surface area (Å²) in [6, 6.07) is 4.09. The number of carbonyl (C=O) groups excluding carboxylic acids is 1. The van der Waals surface area contributed by atoms with E-state index >= 15 is 0 Å². The maximum Gasteiger partial charge on any atom is 0.226 e. The molecule has 1 saturated heterocycles. The van der Waals surface area contributed by atoms with Gasteiger partial charge < -0.3 is 10.1 Å². The van der Waals surface area contributed by atoms with Gasteiger partial charge in [-0.2, -0.15) is 0 Å².